The first-order valence-corrected chi connectivity index (χ1v) is 12.3. The molecule has 2 heterocycles. The SMILES string of the molecule is CCCCC(C)COc1c(C)ccc2ncnc(Nc3ccc(Oc4ccc(C)nc4)c(C)c3)c12. The van der Waals surface area contributed by atoms with Crippen molar-refractivity contribution >= 4 is 22.4 Å². The Labute approximate surface area is 207 Å². The van der Waals surface area contributed by atoms with E-state index in [4.69, 9.17) is 9.47 Å². The first-order valence-electron chi connectivity index (χ1n) is 12.3. The van der Waals surface area contributed by atoms with Crippen LogP contribution < -0.4 is 14.8 Å². The first kappa shape index (κ1) is 24.5. The predicted octanol–water partition coefficient (Wildman–Crippen LogP) is 7.69. The Morgan fingerprint density at radius 2 is 1.80 bits per heavy atom. The molecule has 182 valence electrons. The second kappa shape index (κ2) is 11.2. The van der Waals surface area contributed by atoms with Crippen LogP contribution in [0.2, 0.25) is 0 Å². The quantitative estimate of drug-likeness (QED) is 0.256. The number of hydrogen-bond donors (Lipinski definition) is 1. The third-order valence-corrected chi connectivity index (χ3v) is 6.07. The summed E-state index contributed by atoms with van der Waals surface area (Å²) in [6, 6.07) is 13.9. The molecule has 2 aromatic heterocycles. The number of aryl methyl sites for hydroxylation is 3. The maximum atomic E-state index is 6.36. The summed E-state index contributed by atoms with van der Waals surface area (Å²) in [7, 11) is 0. The number of fused-ring (bicyclic) bond motifs is 1. The molecule has 1 unspecified atom stereocenters. The molecule has 2 aromatic carbocycles. The fraction of sp³-hybridized carbons (Fsp3) is 0.345. The van der Waals surface area contributed by atoms with Gasteiger partial charge in [-0.3, -0.25) is 4.98 Å². The molecule has 1 atom stereocenters. The number of nitrogens with zero attached hydrogens (tertiary/aromatic N) is 3. The van der Waals surface area contributed by atoms with Crippen molar-refractivity contribution in [3.05, 3.63) is 71.8 Å². The lowest BCUT2D eigenvalue weighted by Gasteiger charge is -2.18. The van der Waals surface area contributed by atoms with Gasteiger partial charge in [0.2, 0.25) is 0 Å². The minimum Gasteiger partial charge on any atom is -0.492 e. The third kappa shape index (κ3) is 6.07. The number of hydrogen-bond acceptors (Lipinski definition) is 6. The second-order valence-corrected chi connectivity index (χ2v) is 9.23. The zero-order valence-electron chi connectivity index (χ0n) is 21.3. The Morgan fingerprint density at radius 3 is 2.54 bits per heavy atom. The molecule has 6 nitrogen and oxygen atoms in total. The highest BCUT2D eigenvalue weighted by Crippen LogP contribution is 2.36. The summed E-state index contributed by atoms with van der Waals surface area (Å²) < 4.78 is 12.4. The van der Waals surface area contributed by atoms with Crippen molar-refractivity contribution in [2.24, 2.45) is 5.92 Å². The lowest BCUT2D eigenvalue weighted by molar-refractivity contribution is 0.251. The summed E-state index contributed by atoms with van der Waals surface area (Å²) in [5.41, 5.74) is 4.81. The molecule has 0 aliphatic carbocycles. The Balaban J connectivity index is 1.58. The van der Waals surface area contributed by atoms with Gasteiger partial charge in [-0.2, -0.15) is 0 Å². The van der Waals surface area contributed by atoms with Crippen LogP contribution in [0.4, 0.5) is 11.5 Å². The van der Waals surface area contributed by atoms with Crippen molar-refractivity contribution in [1.29, 1.82) is 0 Å². The molecule has 35 heavy (non-hydrogen) atoms. The zero-order chi connectivity index (χ0) is 24.8. The van der Waals surface area contributed by atoms with Gasteiger partial charge in [-0.25, -0.2) is 9.97 Å². The van der Waals surface area contributed by atoms with Crippen molar-refractivity contribution in [3.8, 4) is 17.2 Å². The van der Waals surface area contributed by atoms with E-state index in [0.29, 0.717) is 18.3 Å². The molecule has 0 spiro atoms. The van der Waals surface area contributed by atoms with Crippen molar-refractivity contribution in [2.75, 3.05) is 11.9 Å². The monoisotopic (exact) mass is 470 g/mol. The van der Waals surface area contributed by atoms with Gasteiger partial charge in [-0.15, -0.1) is 0 Å². The van der Waals surface area contributed by atoms with Crippen LogP contribution in [0, 0.1) is 26.7 Å². The summed E-state index contributed by atoms with van der Waals surface area (Å²) in [6.07, 6.45) is 6.90. The third-order valence-electron chi connectivity index (χ3n) is 6.07. The van der Waals surface area contributed by atoms with Gasteiger partial charge in [0, 0.05) is 11.4 Å². The first-order chi connectivity index (χ1) is 16.9. The van der Waals surface area contributed by atoms with Crippen LogP contribution in [-0.4, -0.2) is 21.6 Å². The normalized spacial score (nSPS) is 11.9. The molecule has 0 radical (unpaired) electrons. The van der Waals surface area contributed by atoms with E-state index in [9.17, 15) is 0 Å². The molecule has 0 bridgehead atoms. The van der Waals surface area contributed by atoms with Crippen LogP contribution >= 0.6 is 0 Å². The van der Waals surface area contributed by atoms with Gasteiger partial charge in [0.15, 0.2) is 0 Å². The lowest BCUT2D eigenvalue weighted by Crippen LogP contribution is -2.10. The van der Waals surface area contributed by atoms with Gasteiger partial charge < -0.3 is 14.8 Å². The zero-order valence-corrected chi connectivity index (χ0v) is 21.3. The number of pyridine rings is 1. The number of rotatable bonds is 10. The van der Waals surface area contributed by atoms with Gasteiger partial charge in [-0.1, -0.05) is 32.8 Å². The van der Waals surface area contributed by atoms with Gasteiger partial charge in [-0.05, 0) is 80.6 Å². The summed E-state index contributed by atoms with van der Waals surface area (Å²) in [6.45, 7) is 11.2. The van der Waals surface area contributed by atoms with E-state index in [1.165, 1.54) is 12.8 Å². The topological polar surface area (TPSA) is 69.2 Å². The molecule has 0 fully saturated rings. The molecule has 1 N–H and O–H groups in total. The number of anilines is 2. The molecule has 0 saturated carbocycles. The fourth-order valence-corrected chi connectivity index (χ4v) is 3.99. The Bertz CT molecular complexity index is 1290. The molecule has 4 rings (SSSR count). The highest BCUT2D eigenvalue weighted by atomic mass is 16.5. The average molecular weight is 471 g/mol. The number of benzene rings is 2. The average Bonchev–Trinajstić information content (AvgIpc) is 2.85. The van der Waals surface area contributed by atoms with E-state index >= 15 is 0 Å². The Kier molecular flexibility index (Phi) is 7.80. The van der Waals surface area contributed by atoms with Crippen LogP contribution in [0.1, 0.15) is 49.9 Å². The molecule has 0 aliphatic heterocycles. The maximum absolute atomic E-state index is 6.36. The highest BCUT2D eigenvalue weighted by molar-refractivity contribution is 5.96. The largest absolute Gasteiger partial charge is 0.492 e. The minimum absolute atomic E-state index is 0.490. The van der Waals surface area contributed by atoms with Crippen LogP contribution in [0.15, 0.2) is 55.0 Å². The van der Waals surface area contributed by atoms with Crippen LogP contribution in [-0.2, 0) is 0 Å². The molecule has 4 aromatic rings. The van der Waals surface area contributed by atoms with Gasteiger partial charge >= 0.3 is 0 Å². The summed E-state index contributed by atoms with van der Waals surface area (Å²) in [4.78, 5) is 13.4. The van der Waals surface area contributed by atoms with Crippen LogP contribution in [0.5, 0.6) is 17.2 Å². The highest BCUT2D eigenvalue weighted by Gasteiger charge is 2.15. The van der Waals surface area contributed by atoms with Crippen molar-refractivity contribution in [3.63, 3.8) is 0 Å². The molecule has 6 heteroatoms. The molecular weight excluding hydrogens is 436 g/mol. The summed E-state index contributed by atoms with van der Waals surface area (Å²) in [5.74, 6) is 3.56. The Hall–Kier alpha value is -3.67. The standard InChI is InChI=1S/C29H34N4O2/c1-6-7-8-19(2)17-34-28-20(3)9-13-25-27(28)29(32-18-31-25)33-23-11-14-26(21(4)15-23)35-24-12-10-22(5)30-16-24/h9-16,18-19H,6-8,17H2,1-5H3,(H,31,32,33). The van der Waals surface area contributed by atoms with Gasteiger partial charge in [0.05, 0.1) is 23.7 Å². The predicted molar refractivity (Wildman–Crippen MR) is 142 cm³/mol. The lowest BCUT2D eigenvalue weighted by atomic mass is 10.1. The second-order valence-electron chi connectivity index (χ2n) is 9.23. The van der Waals surface area contributed by atoms with E-state index in [2.05, 4.69) is 47.1 Å². The maximum Gasteiger partial charge on any atom is 0.145 e. The fourth-order valence-electron chi connectivity index (χ4n) is 3.99. The number of nitrogens with one attached hydrogen (secondary N) is 1. The van der Waals surface area contributed by atoms with Crippen molar-refractivity contribution < 1.29 is 9.47 Å². The number of ether oxygens (including phenoxy) is 2. The molecular formula is C29H34N4O2. The van der Waals surface area contributed by atoms with Gasteiger partial charge in [0.1, 0.15) is 29.4 Å². The molecule has 0 amide bonds. The van der Waals surface area contributed by atoms with Crippen LogP contribution in [0.3, 0.4) is 0 Å². The number of unbranched alkanes of at least 4 members (excludes halogenated alkanes) is 1. The number of aromatic nitrogens is 3. The van der Waals surface area contributed by atoms with E-state index in [1.54, 1.807) is 12.5 Å². The minimum atomic E-state index is 0.490. The van der Waals surface area contributed by atoms with E-state index in [-0.39, 0.29) is 0 Å². The Morgan fingerprint density at radius 1 is 0.943 bits per heavy atom. The van der Waals surface area contributed by atoms with Crippen LogP contribution in [0.25, 0.3) is 10.9 Å². The molecule has 0 aliphatic rings. The van der Waals surface area contributed by atoms with Crippen molar-refractivity contribution in [2.45, 2.75) is 53.9 Å². The van der Waals surface area contributed by atoms with E-state index < -0.39 is 0 Å². The van der Waals surface area contributed by atoms with Gasteiger partial charge in [0.25, 0.3) is 0 Å². The van der Waals surface area contributed by atoms with E-state index in [0.717, 1.165) is 57.1 Å². The van der Waals surface area contributed by atoms with Crippen molar-refractivity contribution in [1.82, 2.24) is 15.0 Å². The molecule has 0 saturated heterocycles. The summed E-state index contributed by atoms with van der Waals surface area (Å²) in [5, 5.41) is 4.38. The van der Waals surface area contributed by atoms with E-state index in [1.807, 2.05) is 50.2 Å². The smallest absolute Gasteiger partial charge is 0.145 e. The summed E-state index contributed by atoms with van der Waals surface area (Å²) >= 11 is 0.